The summed E-state index contributed by atoms with van der Waals surface area (Å²) in [6, 6.07) is 20.6. The molecule has 0 aliphatic carbocycles. The highest BCUT2D eigenvalue weighted by molar-refractivity contribution is 9.10. The number of ether oxygens (including phenoxy) is 3. The first-order valence-corrected chi connectivity index (χ1v) is 10.9. The number of carbonyl (C=O) groups is 2. The fourth-order valence-corrected chi connectivity index (χ4v) is 3.79. The van der Waals surface area contributed by atoms with Crippen LogP contribution in [0.3, 0.4) is 0 Å². The van der Waals surface area contributed by atoms with E-state index in [0.717, 1.165) is 19.4 Å². The Morgan fingerprint density at radius 3 is 2.32 bits per heavy atom. The van der Waals surface area contributed by atoms with Crippen molar-refractivity contribution in [3.8, 4) is 11.5 Å². The molecule has 5 nitrogen and oxygen atoms in total. The second-order valence-electron chi connectivity index (χ2n) is 7.20. The number of carbonyl (C=O) groups excluding carboxylic acids is 2. The van der Waals surface area contributed by atoms with E-state index in [1.165, 1.54) is 0 Å². The third-order valence-electron chi connectivity index (χ3n) is 4.98. The number of hydrogen-bond donors (Lipinski definition) is 0. The Balaban J connectivity index is 1.37. The molecule has 3 aromatic carbocycles. The van der Waals surface area contributed by atoms with Crippen molar-refractivity contribution in [3.63, 3.8) is 0 Å². The molecule has 0 N–H and O–H groups in total. The number of halogens is 1. The van der Waals surface area contributed by atoms with Crippen molar-refractivity contribution in [2.24, 2.45) is 0 Å². The maximum atomic E-state index is 12.5. The molecule has 0 spiro atoms. The van der Waals surface area contributed by atoms with Crippen molar-refractivity contribution in [1.82, 2.24) is 0 Å². The van der Waals surface area contributed by atoms with Crippen LogP contribution in [-0.2, 0) is 4.74 Å². The minimum absolute atomic E-state index is 0.0824. The van der Waals surface area contributed by atoms with Crippen LogP contribution in [-0.4, -0.2) is 31.1 Å². The summed E-state index contributed by atoms with van der Waals surface area (Å²) in [6.45, 7) is 1.26. The molecule has 1 aliphatic heterocycles. The minimum atomic E-state index is -0.492. The summed E-state index contributed by atoms with van der Waals surface area (Å²) in [6.07, 6.45) is 2.17. The fourth-order valence-electron chi connectivity index (χ4n) is 3.30. The van der Waals surface area contributed by atoms with Gasteiger partial charge in [-0.05, 0) is 71.2 Å². The molecule has 0 radical (unpaired) electrons. The second kappa shape index (κ2) is 9.90. The Kier molecular flexibility index (Phi) is 6.79. The van der Waals surface area contributed by atoms with Gasteiger partial charge in [0.05, 0.1) is 16.1 Å². The Bertz CT molecular complexity index is 1060. The molecule has 1 atom stereocenters. The van der Waals surface area contributed by atoms with Crippen LogP contribution in [0.2, 0.25) is 0 Å². The Morgan fingerprint density at radius 2 is 1.65 bits per heavy atom. The van der Waals surface area contributed by atoms with Gasteiger partial charge in [0.15, 0.2) is 5.78 Å². The van der Waals surface area contributed by atoms with E-state index in [4.69, 9.17) is 14.2 Å². The first-order valence-electron chi connectivity index (χ1n) is 10.1. The molecular formula is C25H21BrO5. The van der Waals surface area contributed by atoms with Crippen molar-refractivity contribution in [3.05, 3.63) is 94.0 Å². The third kappa shape index (κ3) is 5.40. The minimum Gasteiger partial charge on any atom is -0.490 e. The molecule has 3 aromatic rings. The standard InChI is InChI=1S/C25H21BrO5/c26-22-15-19(10-13-23(22)30-16-21-7-4-14-29-21)25(28)31-20-11-8-18(9-12-20)24(27)17-5-2-1-3-6-17/h1-3,5-6,8-13,15,21H,4,7,14,16H2. The first-order chi connectivity index (χ1) is 15.1. The number of ketones is 1. The van der Waals surface area contributed by atoms with E-state index in [0.29, 0.717) is 39.3 Å². The topological polar surface area (TPSA) is 61.8 Å². The van der Waals surface area contributed by atoms with E-state index in [1.54, 1.807) is 54.6 Å². The van der Waals surface area contributed by atoms with Crippen molar-refractivity contribution in [1.29, 1.82) is 0 Å². The summed E-state index contributed by atoms with van der Waals surface area (Å²) in [5.74, 6) is 0.440. The SMILES string of the molecule is O=C(Oc1ccc(C(=O)c2ccccc2)cc1)c1ccc(OCC2CCCO2)c(Br)c1. The van der Waals surface area contributed by atoms with Gasteiger partial charge in [-0.15, -0.1) is 0 Å². The van der Waals surface area contributed by atoms with Gasteiger partial charge in [0, 0.05) is 17.7 Å². The molecule has 0 aromatic heterocycles. The van der Waals surface area contributed by atoms with Crippen molar-refractivity contribution >= 4 is 27.7 Å². The molecule has 1 unspecified atom stereocenters. The van der Waals surface area contributed by atoms with Crippen LogP contribution in [0.25, 0.3) is 0 Å². The van der Waals surface area contributed by atoms with Crippen molar-refractivity contribution in [2.75, 3.05) is 13.2 Å². The molecular weight excluding hydrogens is 460 g/mol. The van der Waals surface area contributed by atoms with E-state index in [9.17, 15) is 9.59 Å². The van der Waals surface area contributed by atoms with Gasteiger partial charge < -0.3 is 14.2 Å². The lowest BCUT2D eigenvalue weighted by Crippen LogP contribution is -2.16. The van der Waals surface area contributed by atoms with Crippen LogP contribution in [0.5, 0.6) is 11.5 Å². The lowest BCUT2D eigenvalue weighted by Gasteiger charge is -2.13. The highest BCUT2D eigenvalue weighted by Crippen LogP contribution is 2.28. The molecule has 1 saturated heterocycles. The number of hydrogen-bond acceptors (Lipinski definition) is 5. The van der Waals surface area contributed by atoms with E-state index >= 15 is 0 Å². The molecule has 0 amide bonds. The van der Waals surface area contributed by atoms with Crippen LogP contribution >= 0.6 is 15.9 Å². The molecule has 0 saturated carbocycles. The second-order valence-corrected chi connectivity index (χ2v) is 8.05. The maximum Gasteiger partial charge on any atom is 0.343 e. The summed E-state index contributed by atoms with van der Waals surface area (Å²) in [7, 11) is 0. The van der Waals surface area contributed by atoms with E-state index in [1.807, 2.05) is 18.2 Å². The highest BCUT2D eigenvalue weighted by atomic mass is 79.9. The molecule has 31 heavy (non-hydrogen) atoms. The van der Waals surface area contributed by atoms with Crippen molar-refractivity contribution in [2.45, 2.75) is 18.9 Å². The van der Waals surface area contributed by atoms with Crippen molar-refractivity contribution < 1.29 is 23.8 Å². The predicted molar refractivity (Wildman–Crippen MR) is 120 cm³/mol. The summed E-state index contributed by atoms with van der Waals surface area (Å²) in [5.41, 5.74) is 1.53. The Morgan fingerprint density at radius 1 is 0.935 bits per heavy atom. The first kappa shape index (κ1) is 21.3. The lowest BCUT2D eigenvalue weighted by molar-refractivity contribution is 0.0675. The van der Waals surface area contributed by atoms with E-state index in [-0.39, 0.29) is 11.9 Å². The van der Waals surface area contributed by atoms with Crippen LogP contribution in [0.15, 0.2) is 77.3 Å². The number of esters is 1. The summed E-state index contributed by atoms with van der Waals surface area (Å²) in [4.78, 5) is 25.0. The zero-order chi connectivity index (χ0) is 21.6. The van der Waals surface area contributed by atoms with Gasteiger partial charge in [0.25, 0.3) is 0 Å². The Hall–Kier alpha value is -2.96. The van der Waals surface area contributed by atoms with Crippen LogP contribution in [0.1, 0.15) is 39.1 Å². The molecule has 6 heteroatoms. The quantitative estimate of drug-likeness (QED) is 0.255. The smallest absolute Gasteiger partial charge is 0.343 e. The van der Waals surface area contributed by atoms with Gasteiger partial charge in [0.2, 0.25) is 0 Å². The monoisotopic (exact) mass is 480 g/mol. The zero-order valence-corrected chi connectivity index (χ0v) is 18.3. The van der Waals surface area contributed by atoms with Gasteiger partial charge in [-0.1, -0.05) is 30.3 Å². The molecule has 1 heterocycles. The lowest BCUT2D eigenvalue weighted by atomic mass is 10.0. The molecule has 1 fully saturated rings. The van der Waals surface area contributed by atoms with E-state index < -0.39 is 5.97 Å². The van der Waals surface area contributed by atoms with Gasteiger partial charge in [0.1, 0.15) is 18.1 Å². The van der Waals surface area contributed by atoms with Crippen LogP contribution in [0, 0.1) is 0 Å². The number of benzene rings is 3. The van der Waals surface area contributed by atoms with Crippen LogP contribution < -0.4 is 9.47 Å². The summed E-state index contributed by atoms with van der Waals surface area (Å²) < 4.78 is 17.5. The molecule has 1 aliphatic rings. The highest BCUT2D eigenvalue weighted by Gasteiger charge is 2.18. The maximum absolute atomic E-state index is 12.5. The van der Waals surface area contributed by atoms with Gasteiger partial charge in [-0.2, -0.15) is 0 Å². The zero-order valence-electron chi connectivity index (χ0n) is 16.8. The average molecular weight is 481 g/mol. The van der Waals surface area contributed by atoms with Gasteiger partial charge in [-0.25, -0.2) is 4.79 Å². The van der Waals surface area contributed by atoms with Gasteiger partial charge >= 0.3 is 5.97 Å². The normalized spacial score (nSPS) is 15.5. The molecule has 158 valence electrons. The molecule has 0 bridgehead atoms. The third-order valence-corrected chi connectivity index (χ3v) is 5.60. The van der Waals surface area contributed by atoms with Gasteiger partial charge in [-0.3, -0.25) is 4.79 Å². The summed E-state index contributed by atoms with van der Waals surface area (Å²) in [5, 5.41) is 0. The fraction of sp³-hybridized carbons (Fsp3) is 0.200. The van der Waals surface area contributed by atoms with E-state index in [2.05, 4.69) is 15.9 Å². The number of rotatable bonds is 7. The predicted octanol–water partition coefficient (Wildman–Crippen LogP) is 5.46. The average Bonchev–Trinajstić information content (AvgIpc) is 3.32. The largest absolute Gasteiger partial charge is 0.490 e. The summed E-state index contributed by atoms with van der Waals surface area (Å²) >= 11 is 3.45. The van der Waals surface area contributed by atoms with Crippen LogP contribution in [0.4, 0.5) is 0 Å². The molecule has 4 rings (SSSR count). The Labute approximate surface area is 189 Å².